The van der Waals surface area contributed by atoms with Crippen LogP contribution < -0.4 is 10.2 Å². The summed E-state index contributed by atoms with van der Waals surface area (Å²) in [6.07, 6.45) is 0.469. The fourth-order valence-corrected chi connectivity index (χ4v) is 5.15. The predicted octanol–water partition coefficient (Wildman–Crippen LogP) is 6.37. The Kier molecular flexibility index (Phi) is 7.28. The van der Waals surface area contributed by atoms with Crippen molar-refractivity contribution in [3.63, 3.8) is 0 Å². The van der Waals surface area contributed by atoms with Gasteiger partial charge in [-0.15, -0.1) is 0 Å². The van der Waals surface area contributed by atoms with E-state index in [1.54, 1.807) is 48.5 Å². The van der Waals surface area contributed by atoms with Crippen LogP contribution in [0, 0.1) is 18.3 Å². The van der Waals surface area contributed by atoms with E-state index in [0.29, 0.717) is 32.9 Å². The number of benzene rings is 3. The van der Waals surface area contributed by atoms with Gasteiger partial charge in [-0.25, -0.2) is 0 Å². The molecule has 1 fully saturated rings. The second kappa shape index (κ2) is 10.4. The summed E-state index contributed by atoms with van der Waals surface area (Å²) in [6.45, 7) is 1.99. The highest BCUT2D eigenvalue weighted by Crippen LogP contribution is 2.42. The summed E-state index contributed by atoms with van der Waals surface area (Å²) in [5.41, 5.74) is 2.99. The number of anilines is 2. The van der Waals surface area contributed by atoms with Crippen LogP contribution in [0.4, 0.5) is 11.4 Å². The number of nitriles is 1. The molecule has 1 aliphatic heterocycles. The number of nitrogens with one attached hydrogen (secondary N) is 1. The minimum atomic E-state index is -0.602. The van der Waals surface area contributed by atoms with Crippen LogP contribution in [-0.4, -0.2) is 17.1 Å². The zero-order valence-electron chi connectivity index (χ0n) is 18.1. The van der Waals surface area contributed by atoms with Crippen molar-refractivity contribution in [2.75, 3.05) is 10.2 Å². The maximum Gasteiger partial charge on any atom is 0.269 e. The van der Waals surface area contributed by atoms with Crippen molar-refractivity contribution >= 4 is 58.2 Å². The molecule has 1 heterocycles. The molecule has 2 amide bonds. The maximum atomic E-state index is 13.5. The van der Waals surface area contributed by atoms with Gasteiger partial charge in [-0.3, -0.25) is 14.5 Å². The molecule has 3 aromatic rings. The minimum Gasteiger partial charge on any atom is -0.321 e. The molecule has 0 radical (unpaired) electrons. The molecule has 1 atom stereocenters. The highest BCUT2D eigenvalue weighted by Gasteiger charge is 2.40. The molecule has 3 aromatic carbocycles. The van der Waals surface area contributed by atoms with Crippen LogP contribution in [0.15, 0.2) is 83.4 Å². The number of hydrogen-bond donors (Lipinski definition) is 1. The van der Waals surface area contributed by atoms with E-state index in [1.165, 1.54) is 16.7 Å². The monoisotopic (exact) mass is 507 g/mol. The zero-order valence-corrected chi connectivity index (χ0v) is 20.4. The number of halogens is 2. The van der Waals surface area contributed by atoms with Crippen LogP contribution in [0.25, 0.3) is 0 Å². The van der Waals surface area contributed by atoms with E-state index in [2.05, 4.69) is 5.32 Å². The Morgan fingerprint density at radius 1 is 1.06 bits per heavy atom. The molecule has 0 spiro atoms. The number of rotatable bonds is 5. The van der Waals surface area contributed by atoms with Crippen LogP contribution in [0.1, 0.15) is 11.1 Å². The molecule has 1 aliphatic rings. The minimum absolute atomic E-state index is 0.144. The van der Waals surface area contributed by atoms with Crippen LogP contribution in [-0.2, 0) is 16.0 Å². The van der Waals surface area contributed by atoms with E-state index in [4.69, 9.17) is 23.2 Å². The molecule has 0 unspecified atom stereocenters. The lowest BCUT2D eigenvalue weighted by Gasteiger charge is -2.19. The maximum absolute atomic E-state index is 13.5. The second-order valence-electron chi connectivity index (χ2n) is 7.70. The summed E-state index contributed by atoms with van der Waals surface area (Å²) in [6, 6.07) is 23.2. The van der Waals surface area contributed by atoms with Gasteiger partial charge in [0.1, 0.15) is 16.7 Å². The number of thioether (sulfide) groups is 1. The quantitative estimate of drug-likeness (QED) is 0.321. The van der Waals surface area contributed by atoms with E-state index in [1.807, 2.05) is 37.3 Å². The molecule has 0 saturated carbocycles. The number of nitrogens with zero attached hydrogens (tertiary/aromatic N) is 2. The van der Waals surface area contributed by atoms with Crippen molar-refractivity contribution in [1.29, 1.82) is 5.26 Å². The van der Waals surface area contributed by atoms with Crippen molar-refractivity contribution in [2.45, 2.75) is 18.6 Å². The van der Waals surface area contributed by atoms with Crippen LogP contribution in [0.2, 0.25) is 10.0 Å². The number of carbonyl (C=O) groups is 2. The van der Waals surface area contributed by atoms with Crippen molar-refractivity contribution in [3.05, 3.63) is 105 Å². The van der Waals surface area contributed by atoms with Gasteiger partial charge in [0.2, 0.25) is 5.91 Å². The van der Waals surface area contributed by atoms with E-state index in [0.717, 1.165) is 11.1 Å². The molecule has 5 nitrogen and oxygen atoms in total. The average Bonchev–Trinajstić information content (AvgIpc) is 3.12. The van der Waals surface area contributed by atoms with Crippen LogP contribution >= 0.6 is 35.0 Å². The molecule has 170 valence electrons. The number of hydrogen-bond acceptors (Lipinski definition) is 4. The van der Waals surface area contributed by atoms with Crippen molar-refractivity contribution in [3.8, 4) is 6.07 Å². The Balaban J connectivity index is 1.72. The van der Waals surface area contributed by atoms with Gasteiger partial charge in [0, 0.05) is 21.4 Å². The summed E-state index contributed by atoms with van der Waals surface area (Å²) in [4.78, 5) is 28.0. The highest BCUT2D eigenvalue weighted by atomic mass is 35.5. The Morgan fingerprint density at radius 2 is 1.71 bits per heavy atom. The molecule has 0 aromatic heterocycles. The fraction of sp³-hybridized carbons (Fsp3) is 0.115. The lowest BCUT2D eigenvalue weighted by Crippen LogP contribution is -2.30. The number of aryl methyl sites for hydroxylation is 1. The Bertz CT molecular complexity index is 1320. The molecule has 8 heteroatoms. The van der Waals surface area contributed by atoms with Crippen molar-refractivity contribution in [1.82, 2.24) is 0 Å². The zero-order chi connectivity index (χ0) is 24.2. The summed E-state index contributed by atoms with van der Waals surface area (Å²) in [7, 11) is 0. The fourth-order valence-electron chi connectivity index (χ4n) is 3.59. The molecule has 0 bridgehead atoms. The summed E-state index contributed by atoms with van der Waals surface area (Å²) in [5.74, 6) is -0.800. The first-order chi connectivity index (χ1) is 16.4. The normalized spacial score (nSPS) is 16.8. The Labute approximate surface area is 212 Å². The predicted molar refractivity (Wildman–Crippen MR) is 138 cm³/mol. The average molecular weight is 508 g/mol. The summed E-state index contributed by atoms with van der Waals surface area (Å²) < 4.78 is 0. The summed E-state index contributed by atoms with van der Waals surface area (Å²) >= 11 is 13.2. The van der Waals surface area contributed by atoms with Gasteiger partial charge in [-0.1, -0.05) is 64.8 Å². The van der Waals surface area contributed by atoms with Gasteiger partial charge < -0.3 is 5.32 Å². The first-order valence-corrected chi connectivity index (χ1v) is 12.0. The molecule has 0 aliphatic carbocycles. The van der Waals surface area contributed by atoms with Gasteiger partial charge in [0.25, 0.3) is 5.91 Å². The standard InChI is InChI=1S/C26H19Cl2N3O2S/c1-16-3-2-4-17(13-16)14-23-25(33)31(21-11-7-19(28)8-12-21)26(34-23)22(15-29)24(32)30-20-9-5-18(27)6-10-20/h2-13,23H,14H2,1H3,(H,30,32)/b26-22-/t23-/m0/s1. The molecule has 34 heavy (non-hydrogen) atoms. The largest absolute Gasteiger partial charge is 0.321 e. The second-order valence-corrected chi connectivity index (χ2v) is 9.77. The third-order valence-electron chi connectivity index (χ3n) is 5.20. The van der Waals surface area contributed by atoms with Crippen LogP contribution in [0.3, 0.4) is 0 Å². The lowest BCUT2D eigenvalue weighted by molar-refractivity contribution is -0.117. The van der Waals surface area contributed by atoms with Crippen molar-refractivity contribution < 1.29 is 9.59 Å². The van der Waals surface area contributed by atoms with Gasteiger partial charge in [-0.2, -0.15) is 5.26 Å². The van der Waals surface area contributed by atoms with Gasteiger partial charge >= 0.3 is 0 Å². The Morgan fingerprint density at radius 3 is 2.32 bits per heavy atom. The molecular weight excluding hydrogens is 489 g/mol. The third-order valence-corrected chi connectivity index (χ3v) is 6.96. The molecule has 1 N–H and O–H groups in total. The SMILES string of the molecule is Cc1cccc(C[C@@H]2S/C(=C(/C#N)C(=O)Nc3ccc(Cl)cc3)N(c3ccc(Cl)cc3)C2=O)c1. The van der Waals surface area contributed by atoms with Crippen LogP contribution in [0.5, 0.6) is 0 Å². The van der Waals surface area contributed by atoms with Gasteiger partial charge in [0.15, 0.2) is 0 Å². The molecule has 4 rings (SSSR count). The first-order valence-electron chi connectivity index (χ1n) is 10.4. The summed E-state index contributed by atoms with van der Waals surface area (Å²) in [5, 5.41) is 13.5. The van der Waals surface area contributed by atoms with E-state index in [9.17, 15) is 14.9 Å². The topological polar surface area (TPSA) is 73.2 Å². The lowest BCUT2D eigenvalue weighted by atomic mass is 10.1. The van der Waals surface area contributed by atoms with Crippen molar-refractivity contribution in [2.24, 2.45) is 0 Å². The number of amides is 2. The third kappa shape index (κ3) is 5.28. The van der Waals surface area contributed by atoms with E-state index in [-0.39, 0.29) is 11.5 Å². The van der Waals surface area contributed by atoms with E-state index < -0.39 is 11.2 Å². The number of carbonyl (C=O) groups excluding carboxylic acids is 2. The smallest absolute Gasteiger partial charge is 0.269 e. The highest BCUT2D eigenvalue weighted by molar-refractivity contribution is 8.05. The first kappa shape index (κ1) is 23.9. The van der Waals surface area contributed by atoms with E-state index >= 15 is 0 Å². The molecular formula is C26H19Cl2N3O2S. The van der Waals surface area contributed by atoms with Gasteiger partial charge in [0.05, 0.1) is 5.25 Å². The molecule has 1 saturated heterocycles. The van der Waals surface area contributed by atoms with Gasteiger partial charge in [-0.05, 0) is 67.4 Å². The Hall–Kier alpha value is -3.24.